The van der Waals surface area contributed by atoms with Crippen molar-refractivity contribution in [2.75, 3.05) is 0 Å². The van der Waals surface area contributed by atoms with E-state index in [0.717, 1.165) is 6.07 Å². The highest BCUT2D eigenvalue weighted by molar-refractivity contribution is 7.87. The predicted octanol–water partition coefficient (Wildman–Crippen LogP) is 3.86. The summed E-state index contributed by atoms with van der Waals surface area (Å²) < 4.78 is 35.3. The van der Waals surface area contributed by atoms with Crippen LogP contribution in [-0.4, -0.2) is 18.3 Å². The fraction of sp³-hybridized carbons (Fsp3) is 0.0556. The number of hydrogen-bond donors (Lipinski definition) is 0. The van der Waals surface area contributed by atoms with Crippen LogP contribution in [-0.2, 0) is 10.1 Å². The summed E-state index contributed by atoms with van der Waals surface area (Å²) in [6.07, 6.45) is 1.58. The molecule has 0 aliphatic heterocycles. The van der Waals surface area contributed by atoms with Crippen LogP contribution >= 0.6 is 0 Å². The maximum absolute atomic E-state index is 12.4. The van der Waals surface area contributed by atoms with Gasteiger partial charge in [0.15, 0.2) is 0 Å². The molecule has 1 heterocycles. The van der Waals surface area contributed by atoms with Gasteiger partial charge in [-0.25, -0.2) is 4.98 Å². The molecule has 8 nitrogen and oxygen atoms in total. The SMILES string of the molecule is Cc1ccc(S(=O)(=O)Oc2ccc(Oc3ccccn3)cc2)cc1[N+](=O)[O-]. The van der Waals surface area contributed by atoms with Crippen LogP contribution in [0.5, 0.6) is 17.4 Å². The van der Waals surface area contributed by atoms with E-state index in [1.165, 1.54) is 43.3 Å². The van der Waals surface area contributed by atoms with Crippen molar-refractivity contribution in [2.45, 2.75) is 11.8 Å². The number of nitro benzene ring substituents is 1. The summed E-state index contributed by atoms with van der Waals surface area (Å²) in [6, 6.07) is 14.7. The molecule has 0 spiro atoms. The van der Waals surface area contributed by atoms with E-state index in [1.807, 2.05) is 0 Å². The second-order valence-corrected chi connectivity index (χ2v) is 7.03. The highest BCUT2D eigenvalue weighted by atomic mass is 32.2. The monoisotopic (exact) mass is 386 g/mol. The third-order valence-electron chi connectivity index (χ3n) is 3.56. The minimum atomic E-state index is -4.22. The van der Waals surface area contributed by atoms with E-state index in [1.54, 1.807) is 24.4 Å². The molecule has 3 aromatic rings. The number of aryl methyl sites for hydroxylation is 1. The van der Waals surface area contributed by atoms with E-state index in [2.05, 4.69) is 4.98 Å². The highest BCUT2D eigenvalue weighted by Crippen LogP contribution is 2.27. The van der Waals surface area contributed by atoms with Gasteiger partial charge >= 0.3 is 10.1 Å². The van der Waals surface area contributed by atoms with Crippen LogP contribution in [0.2, 0.25) is 0 Å². The molecule has 0 fully saturated rings. The van der Waals surface area contributed by atoms with Gasteiger partial charge in [-0.15, -0.1) is 0 Å². The average molecular weight is 386 g/mol. The molecule has 0 unspecified atom stereocenters. The molecule has 9 heteroatoms. The summed E-state index contributed by atoms with van der Waals surface area (Å²) in [5.41, 5.74) is 0.0637. The molecule has 138 valence electrons. The van der Waals surface area contributed by atoms with Gasteiger partial charge in [0.1, 0.15) is 16.4 Å². The number of hydrogen-bond acceptors (Lipinski definition) is 7. The Morgan fingerprint density at radius 1 is 1.00 bits per heavy atom. The van der Waals surface area contributed by atoms with Crippen molar-refractivity contribution < 1.29 is 22.3 Å². The molecule has 0 amide bonds. The first-order chi connectivity index (χ1) is 12.8. The number of rotatable bonds is 6. The predicted molar refractivity (Wildman–Crippen MR) is 96.4 cm³/mol. The van der Waals surface area contributed by atoms with Gasteiger partial charge in [-0.1, -0.05) is 12.1 Å². The lowest BCUT2D eigenvalue weighted by Crippen LogP contribution is -2.10. The molecule has 0 N–H and O–H groups in total. The van der Waals surface area contributed by atoms with Crippen LogP contribution in [0.3, 0.4) is 0 Å². The fourth-order valence-electron chi connectivity index (χ4n) is 2.21. The number of nitro groups is 1. The standard InChI is InChI=1S/C18H14N2O6S/c1-13-5-10-16(12-17(13)20(21)22)27(23,24)26-15-8-6-14(7-9-15)25-18-4-2-3-11-19-18/h2-12H,1H3. The molecule has 0 saturated heterocycles. The Bertz CT molecular complexity index is 1070. The summed E-state index contributed by atoms with van der Waals surface area (Å²) in [5, 5.41) is 11.0. The fourth-order valence-corrected chi connectivity index (χ4v) is 3.16. The van der Waals surface area contributed by atoms with Crippen molar-refractivity contribution in [3.05, 3.63) is 82.5 Å². The van der Waals surface area contributed by atoms with E-state index in [-0.39, 0.29) is 16.3 Å². The van der Waals surface area contributed by atoms with Crippen LogP contribution in [0.25, 0.3) is 0 Å². The van der Waals surface area contributed by atoms with Gasteiger partial charge in [-0.3, -0.25) is 10.1 Å². The third kappa shape index (κ3) is 4.39. The molecular formula is C18H14N2O6S. The molecule has 0 bridgehead atoms. The van der Waals surface area contributed by atoms with Gasteiger partial charge in [-0.2, -0.15) is 8.42 Å². The van der Waals surface area contributed by atoms with Crippen LogP contribution in [0, 0.1) is 17.0 Å². The van der Waals surface area contributed by atoms with Crippen LogP contribution < -0.4 is 8.92 Å². The Labute approximate surface area is 155 Å². The minimum Gasteiger partial charge on any atom is -0.439 e. The molecule has 27 heavy (non-hydrogen) atoms. The van der Waals surface area contributed by atoms with Gasteiger partial charge in [0, 0.05) is 23.9 Å². The maximum Gasteiger partial charge on any atom is 0.339 e. The van der Waals surface area contributed by atoms with Crippen molar-refractivity contribution in [1.82, 2.24) is 4.98 Å². The second-order valence-electron chi connectivity index (χ2n) is 5.48. The Morgan fingerprint density at radius 3 is 2.33 bits per heavy atom. The van der Waals surface area contributed by atoms with Gasteiger partial charge in [0.05, 0.1) is 4.92 Å². The average Bonchev–Trinajstić information content (AvgIpc) is 2.64. The van der Waals surface area contributed by atoms with Gasteiger partial charge in [-0.05, 0) is 43.3 Å². The molecular weight excluding hydrogens is 372 g/mol. The largest absolute Gasteiger partial charge is 0.439 e. The quantitative estimate of drug-likeness (QED) is 0.359. The summed E-state index contributed by atoms with van der Waals surface area (Å²) >= 11 is 0. The smallest absolute Gasteiger partial charge is 0.339 e. The number of aromatic nitrogens is 1. The molecule has 1 aromatic heterocycles. The van der Waals surface area contributed by atoms with Crippen LogP contribution in [0.15, 0.2) is 71.8 Å². The molecule has 3 rings (SSSR count). The van der Waals surface area contributed by atoms with E-state index in [4.69, 9.17) is 8.92 Å². The second kappa shape index (κ2) is 7.42. The Kier molecular flexibility index (Phi) is 5.04. The first-order valence-corrected chi connectivity index (χ1v) is 9.14. The van der Waals surface area contributed by atoms with Crippen LogP contribution in [0.1, 0.15) is 5.56 Å². The summed E-state index contributed by atoms with van der Waals surface area (Å²) in [4.78, 5) is 14.1. The Hall–Kier alpha value is -3.46. The summed E-state index contributed by atoms with van der Waals surface area (Å²) in [5.74, 6) is 0.891. The molecule has 2 aromatic carbocycles. The van der Waals surface area contributed by atoms with Crippen molar-refractivity contribution in [3.63, 3.8) is 0 Å². The van der Waals surface area contributed by atoms with E-state index in [9.17, 15) is 18.5 Å². The maximum atomic E-state index is 12.4. The number of pyridine rings is 1. The van der Waals surface area contributed by atoms with E-state index in [0.29, 0.717) is 17.2 Å². The summed E-state index contributed by atoms with van der Waals surface area (Å²) in [6.45, 7) is 1.52. The summed E-state index contributed by atoms with van der Waals surface area (Å²) in [7, 11) is -4.22. The zero-order valence-corrected chi connectivity index (χ0v) is 14.9. The normalized spacial score (nSPS) is 11.0. The number of nitrogens with zero attached hydrogens (tertiary/aromatic N) is 2. The minimum absolute atomic E-state index is 0.0478. The number of benzene rings is 2. The van der Waals surface area contributed by atoms with Gasteiger partial charge in [0.2, 0.25) is 5.88 Å². The van der Waals surface area contributed by atoms with Crippen molar-refractivity contribution >= 4 is 15.8 Å². The van der Waals surface area contributed by atoms with Gasteiger partial charge < -0.3 is 8.92 Å². The first kappa shape index (κ1) is 18.3. The molecule has 0 aliphatic rings. The van der Waals surface area contributed by atoms with E-state index < -0.39 is 15.0 Å². The van der Waals surface area contributed by atoms with E-state index >= 15 is 0 Å². The zero-order valence-electron chi connectivity index (χ0n) is 14.1. The molecule has 0 atom stereocenters. The Balaban J connectivity index is 1.78. The highest BCUT2D eigenvalue weighted by Gasteiger charge is 2.21. The third-order valence-corrected chi connectivity index (χ3v) is 4.80. The topological polar surface area (TPSA) is 109 Å². The van der Waals surface area contributed by atoms with Crippen LogP contribution in [0.4, 0.5) is 5.69 Å². The molecule has 0 aliphatic carbocycles. The van der Waals surface area contributed by atoms with Gasteiger partial charge in [0.25, 0.3) is 5.69 Å². The van der Waals surface area contributed by atoms with Crippen molar-refractivity contribution in [2.24, 2.45) is 0 Å². The zero-order chi connectivity index (χ0) is 19.4. The lowest BCUT2D eigenvalue weighted by atomic mass is 10.2. The number of ether oxygens (including phenoxy) is 1. The molecule has 0 saturated carbocycles. The lowest BCUT2D eigenvalue weighted by Gasteiger charge is -2.09. The Morgan fingerprint density at radius 2 is 1.70 bits per heavy atom. The van der Waals surface area contributed by atoms with Crippen molar-refractivity contribution in [3.8, 4) is 17.4 Å². The lowest BCUT2D eigenvalue weighted by molar-refractivity contribution is -0.385. The van der Waals surface area contributed by atoms with Crippen molar-refractivity contribution in [1.29, 1.82) is 0 Å². The first-order valence-electron chi connectivity index (χ1n) is 7.74. The molecule has 0 radical (unpaired) electrons.